The molecule has 1 aromatic carbocycles. The minimum atomic E-state index is -0.951. The minimum Gasteiger partial charge on any atom is -0.376 e. The smallest absolute Gasteiger partial charge is 0.325 e. The summed E-state index contributed by atoms with van der Waals surface area (Å²) in [5.74, 6) is 1.77. The number of carbonyl (C=O) groups excluding carboxylic acids is 2. The van der Waals surface area contributed by atoms with Crippen LogP contribution in [0.15, 0.2) is 36.0 Å². The van der Waals surface area contributed by atoms with Crippen molar-refractivity contribution in [2.75, 3.05) is 33.5 Å². The minimum absolute atomic E-state index is 0.122. The summed E-state index contributed by atoms with van der Waals surface area (Å²) in [5, 5.41) is 10.4. The highest BCUT2D eigenvalue weighted by atomic mass is 16.6. The van der Waals surface area contributed by atoms with E-state index in [0.29, 0.717) is 31.9 Å². The van der Waals surface area contributed by atoms with Crippen molar-refractivity contribution in [3.05, 3.63) is 41.6 Å². The Kier molecular flexibility index (Phi) is 7.05. The Balaban J connectivity index is 1.80. The van der Waals surface area contributed by atoms with Crippen molar-refractivity contribution in [3.63, 3.8) is 0 Å². The molecule has 29 heavy (non-hydrogen) atoms. The molecule has 1 aromatic rings. The summed E-state index contributed by atoms with van der Waals surface area (Å²) in [5.41, 5.74) is 1.38. The fraction of sp³-hybridized carbons (Fsp3) is 0.571. The number of urea groups is 1. The van der Waals surface area contributed by atoms with Gasteiger partial charge in [-0.2, -0.15) is 0 Å². The number of carbonyl (C=O) groups is 1. The number of aliphatic hydroxyl groups excluding tert-OH is 1. The number of morpholine rings is 1. The van der Waals surface area contributed by atoms with Crippen LogP contribution in [0.5, 0.6) is 0 Å². The van der Waals surface area contributed by atoms with Gasteiger partial charge in [0.15, 0.2) is 6.29 Å². The Labute approximate surface area is 171 Å². The second kappa shape index (κ2) is 9.52. The molecule has 3 rings (SSSR count). The van der Waals surface area contributed by atoms with E-state index in [4.69, 9.17) is 9.47 Å². The van der Waals surface area contributed by atoms with Gasteiger partial charge in [-0.15, -0.1) is 0 Å². The van der Waals surface area contributed by atoms with E-state index in [1.165, 1.54) is 4.90 Å². The van der Waals surface area contributed by atoms with Crippen molar-refractivity contribution in [2.24, 2.45) is 5.92 Å². The molecule has 0 aliphatic carbocycles. The second-order valence-corrected chi connectivity index (χ2v) is 7.69. The van der Waals surface area contributed by atoms with Crippen molar-refractivity contribution < 1.29 is 24.2 Å². The van der Waals surface area contributed by atoms with E-state index in [1.54, 1.807) is 11.9 Å². The number of rotatable bonds is 5. The maximum Gasteiger partial charge on any atom is 0.325 e. The van der Waals surface area contributed by atoms with Crippen molar-refractivity contribution >= 4 is 12.0 Å². The summed E-state index contributed by atoms with van der Waals surface area (Å²) in [6.45, 7) is 5.01. The zero-order chi connectivity index (χ0) is 21.0. The molecule has 2 aliphatic rings. The molecule has 3 unspecified atom stereocenters. The molecular weight excluding hydrogens is 374 g/mol. The first-order valence-corrected chi connectivity index (χ1v) is 9.90. The van der Waals surface area contributed by atoms with Gasteiger partial charge in [0.25, 0.3) is 0 Å². The molecule has 2 heterocycles. The lowest BCUT2D eigenvalue weighted by Crippen LogP contribution is -2.61. The van der Waals surface area contributed by atoms with Crippen LogP contribution in [0, 0.1) is 5.92 Å². The fourth-order valence-electron chi connectivity index (χ4n) is 3.87. The maximum absolute atomic E-state index is 13.2. The number of ether oxygens (including phenoxy) is 2. The molecule has 0 radical (unpaired) electrons. The molecule has 2 saturated heterocycles. The van der Waals surface area contributed by atoms with Crippen molar-refractivity contribution in [1.29, 1.82) is 0 Å². The Morgan fingerprint density at radius 3 is 2.72 bits per heavy atom. The first kappa shape index (κ1) is 21.5. The van der Waals surface area contributed by atoms with Crippen molar-refractivity contribution in [3.8, 4) is 0 Å². The van der Waals surface area contributed by atoms with Crippen LogP contribution in [-0.2, 0) is 20.7 Å². The first-order valence-electron chi connectivity index (χ1n) is 9.90. The van der Waals surface area contributed by atoms with Gasteiger partial charge in [-0.3, -0.25) is 4.90 Å². The summed E-state index contributed by atoms with van der Waals surface area (Å²) in [6.07, 6.45) is -0.764. The zero-order valence-corrected chi connectivity index (χ0v) is 17.2. The number of benzene rings is 1. The third-order valence-corrected chi connectivity index (χ3v) is 5.47. The van der Waals surface area contributed by atoms with E-state index >= 15 is 0 Å². The molecule has 3 atom stereocenters. The number of nitrogens with zero attached hydrogens (tertiary/aromatic N) is 3. The van der Waals surface area contributed by atoms with Crippen LogP contribution in [0.2, 0.25) is 0 Å². The van der Waals surface area contributed by atoms with Gasteiger partial charge in [0, 0.05) is 19.5 Å². The van der Waals surface area contributed by atoms with Crippen LogP contribution in [0.4, 0.5) is 4.79 Å². The molecule has 158 valence electrons. The normalized spacial score (nSPS) is 25.1. The van der Waals surface area contributed by atoms with Crippen LogP contribution in [-0.4, -0.2) is 83.8 Å². The van der Waals surface area contributed by atoms with E-state index in [-0.39, 0.29) is 24.7 Å². The number of amides is 2. The molecule has 2 amide bonds. The molecular formula is C21H29N3O5. The molecule has 2 aliphatic heterocycles. The number of aliphatic hydroxyl groups is 1. The quantitative estimate of drug-likeness (QED) is 0.746. The Morgan fingerprint density at radius 2 is 2.07 bits per heavy atom. The highest BCUT2D eigenvalue weighted by Crippen LogP contribution is 2.26. The Hall–Kier alpha value is -2.22. The Bertz CT molecular complexity index is 750. The maximum atomic E-state index is 13.2. The van der Waals surface area contributed by atoms with E-state index in [1.807, 2.05) is 55.0 Å². The SMILES string of the molecule is CC(C)C(=C=O)N(C)C(=O)N1CCOCC1N1COC(O)C1Cc1ccccc1. The average molecular weight is 403 g/mol. The van der Waals surface area contributed by atoms with Crippen molar-refractivity contribution in [2.45, 2.75) is 38.8 Å². The standard InChI is InChI=1S/C21H29N3O5/c1-15(2)18(12-25)22(3)21(27)23-9-10-28-13-19(23)24-14-29-20(26)17(24)11-16-7-5-4-6-8-16/h4-8,15,17,19-20,26H,9-11,13-14H2,1-3H3. The van der Waals surface area contributed by atoms with E-state index in [2.05, 4.69) is 0 Å². The number of hydrogen-bond acceptors (Lipinski definition) is 6. The van der Waals surface area contributed by atoms with Gasteiger partial charge in [-0.05, 0) is 12.0 Å². The fourth-order valence-corrected chi connectivity index (χ4v) is 3.87. The van der Waals surface area contributed by atoms with Gasteiger partial charge in [0.2, 0.25) is 0 Å². The highest BCUT2D eigenvalue weighted by molar-refractivity contribution is 5.79. The monoisotopic (exact) mass is 403 g/mol. The predicted octanol–water partition coefficient (Wildman–Crippen LogP) is 1.29. The van der Waals surface area contributed by atoms with Crippen molar-refractivity contribution in [1.82, 2.24) is 14.7 Å². The molecule has 0 aromatic heterocycles. The van der Waals surface area contributed by atoms with Crippen LogP contribution in [0.3, 0.4) is 0 Å². The number of allylic oxidation sites excluding steroid dienone is 1. The van der Waals surface area contributed by atoms with Gasteiger partial charge in [-0.25, -0.2) is 14.5 Å². The van der Waals surface area contributed by atoms with E-state index in [0.717, 1.165) is 5.56 Å². The third kappa shape index (κ3) is 4.69. The van der Waals surface area contributed by atoms with Gasteiger partial charge >= 0.3 is 6.03 Å². The van der Waals surface area contributed by atoms with Crippen LogP contribution < -0.4 is 0 Å². The van der Waals surface area contributed by atoms with Gasteiger partial charge < -0.3 is 19.5 Å². The molecule has 1 N–H and O–H groups in total. The first-order chi connectivity index (χ1) is 13.9. The molecule has 0 bridgehead atoms. The summed E-state index contributed by atoms with van der Waals surface area (Å²) in [6, 6.07) is 9.26. The molecule has 8 nitrogen and oxygen atoms in total. The molecule has 0 saturated carbocycles. The van der Waals surface area contributed by atoms with Gasteiger partial charge in [0.05, 0.1) is 19.3 Å². The van der Waals surface area contributed by atoms with E-state index in [9.17, 15) is 14.7 Å². The third-order valence-electron chi connectivity index (χ3n) is 5.47. The number of hydrogen-bond donors (Lipinski definition) is 1. The average Bonchev–Trinajstić information content (AvgIpc) is 3.08. The lowest BCUT2D eigenvalue weighted by atomic mass is 10.0. The van der Waals surface area contributed by atoms with Crippen LogP contribution >= 0.6 is 0 Å². The molecule has 2 fully saturated rings. The largest absolute Gasteiger partial charge is 0.376 e. The van der Waals surface area contributed by atoms with Crippen LogP contribution in [0.1, 0.15) is 19.4 Å². The zero-order valence-electron chi connectivity index (χ0n) is 17.2. The van der Waals surface area contributed by atoms with Gasteiger partial charge in [-0.1, -0.05) is 44.2 Å². The lowest BCUT2D eigenvalue weighted by Gasteiger charge is -2.43. The topological polar surface area (TPSA) is 82.6 Å². The summed E-state index contributed by atoms with van der Waals surface area (Å²) >= 11 is 0. The summed E-state index contributed by atoms with van der Waals surface area (Å²) < 4.78 is 11.2. The predicted molar refractivity (Wildman–Crippen MR) is 106 cm³/mol. The van der Waals surface area contributed by atoms with Crippen LogP contribution in [0.25, 0.3) is 0 Å². The summed E-state index contributed by atoms with van der Waals surface area (Å²) in [7, 11) is 1.59. The second-order valence-electron chi connectivity index (χ2n) is 7.69. The Morgan fingerprint density at radius 1 is 1.34 bits per heavy atom. The highest BCUT2D eigenvalue weighted by Gasteiger charge is 2.43. The van der Waals surface area contributed by atoms with E-state index < -0.39 is 12.5 Å². The van der Waals surface area contributed by atoms with Gasteiger partial charge in [0.1, 0.15) is 24.5 Å². The molecule has 0 spiro atoms. The molecule has 8 heteroatoms. The summed E-state index contributed by atoms with van der Waals surface area (Å²) in [4.78, 5) is 29.5. The lowest BCUT2D eigenvalue weighted by molar-refractivity contribution is -0.0729.